The largest absolute Gasteiger partial charge is 0.491 e. The van der Waals surface area contributed by atoms with E-state index in [4.69, 9.17) is 10.5 Å². The topological polar surface area (TPSA) is 72.6 Å². The van der Waals surface area contributed by atoms with Gasteiger partial charge in [-0.1, -0.05) is 0 Å². The Morgan fingerprint density at radius 1 is 1.47 bits per heavy atom. The molecule has 0 radical (unpaired) electrons. The monoisotopic (exact) mass is 266 g/mol. The molecule has 1 heterocycles. The third-order valence-corrected chi connectivity index (χ3v) is 3.18. The number of halogens is 1. The van der Waals surface area contributed by atoms with Gasteiger partial charge in [-0.2, -0.15) is 0 Å². The van der Waals surface area contributed by atoms with Crippen LogP contribution < -0.4 is 10.5 Å². The number of hydrogen-bond acceptors (Lipinski definition) is 3. The van der Waals surface area contributed by atoms with Crippen LogP contribution in [-0.4, -0.2) is 29.4 Å². The lowest BCUT2D eigenvalue weighted by Gasteiger charge is -2.24. The molecule has 0 unspecified atom stereocenters. The number of ether oxygens (including phenoxy) is 1. The number of nitrogens with two attached hydrogens (primary N) is 1. The standard InChI is InChI=1S/C13H15FN2O3/c1-7-6-19-12-4-9(13(15)18)3-11(14)10(12)5-16(7)8(2)17/h3-4,7H,5-6H2,1-2H3,(H2,15,18)/t7-/m0/s1. The zero-order valence-electron chi connectivity index (χ0n) is 10.8. The molecule has 5 nitrogen and oxygen atoms in total. The van der Waals surface area contributed by atoms with Crippen molar-refractivity contribution in [3.8, 4) is 5.75 Å². The fourth-order valence-corrected chi connectivity index (χ4v) is 2.08. The lowest BCUT2D eigenvalue weighted by atomic mass is 10.1. The Morgan fingerprint density at radius 2 is 2.16 bits per heavy atom. The molecule has 1 aromatic rings. The molecule has 0 aromatic heterocycles. The fourth-order valence-electron chi connectivity index (χ4n) is 2.08. The van der Waals surface area contributed by atoms with E-state index in [2.05, 4.69) is 0 Å². The summed E-state index contributed by atoms with van der Waals surface area (Å²) >= 11 is 0. The van der Waals surface area contributed by atoms with E-state index in [-0.39, 0.29) is 42.0 Å². The molecule has 0 aliphatic carbocycles. The lowest BCUT2D eigenvalue weighted by molar-refractivity contribution is -0.131. The van der Waals surface area contributed by atoms with Crippen molar-refractivity contribution >= 4 is 11.8 Å². The normalized spacial score (nSPS) is 18.3. The van der Waals surface area contributed by atoms with E-state index in [0.29, 0.717) is 0 Å². The molecular formula is C13H15FN2O3. The van der Waals surface area contributed by atoms with Crippen LogP contribution in [0.25, 0.3) is 0 Å². The SMILES string of the molecule is CC(=O)N1Cc2c(F)cc(C(N)=O)cc2OC[C@@H]1C. The molecule has 2 N–H and O–H groups in total. The van der Waals surface area contributed by atoms with Crippen molar-refractivity contribution in [3.63, 3.8) is 0 Å². The average Bonchev–Trinajstić information content (AvgIpc) is 2.49. The van der Waals surface area contributed by atoms with E-state index in [9.17, 15) is 14.0 Å². The molecule has 102 valence electrons. The summed E-state index contributed by atoms with van der Waals surface area (Å²) in [6.45, 7) is 3.61. The first-order chi connectivity index (χ1) is 8.90. The van der Waals surface area contributed by atoms with Gasteiger partial charge in [0.05, 0.1) is 12.6 Å². The summed E-state index contributed by atoms with van der Waals surface area (Å²) in [6, 6.07) is 2.32. The van der Waals surface area contributed by atoms with Gasteiger partial charge in [-0.05, 0) is 19.1 Å². The second kappa shape index (κ2) is 4.87. The number of carbonyl (C=O) groups excluding carboxylic acids is 2. The summed E-state index contributed by atoms with van der Waals surface area (Å²) in [6.07, 6.45) is 0. The van der Waals surface area contributed by atoms with Crippen LogP contribution in [0.2, 0.25) is 0 Å². The van der Waals surface area contributed by atoms with Crippen molar-refractivity contribution in [3.05, 3.63) is 29.1 Å². The molecule has 19 heavy (non-hydrogen) atoms. The summed E-state index contributed by atoms with van der Waals surface area (Å²) in [5.74, 6) is -1.19. The van der Waals surface area contributed by atoms with Gasteiger partial charge in [0.1, 0.15) is 18.2 Å². The van der Waals surface area contributed by atoms with E-state index in [1.165, 1.54) is 17.9 Å². The van der Waals surface area contributed by atoms with Gasteiger partial charge in [0.15, 0.2) is 0 Å². The van der Waals surface area contributed by atoms with Crippen LogP contribution in [0.3, 0.4) is 0 Å². The minimum atomic E-state index is -0.717. The number of hydrogen-bond donors (Lipinski definition) is 1. The van der Waals surface area contributed by atoms with Crippen LogP contribution in [-0.2, 0) is 11.3 Å². The highest BCUT2D eigenvalue weighted by molar-refractivity contribution is 5.93. The Bertz CT molecular complexity index is 545. The Labute approximate surface area is 110 Å². The smallest absolute Gasteiger partial charge is 0.248 e. The number of carbonyl (C=O) groups is 2. The molecule has 0 fully saturated rings. The second-order valence-electron chi connectivity index (χ2n) is 4.61. The lowest BCUT2D eigenvalue weighted by Crippen LogP contribution is -2.38. The number of primary amides is 1. The van der Waals surface area contributed by atoms with Gasteiger partial charge in [0.2, 0.25) is 11.8 Å². The van der Waals surface area contributed by atoms with Crippen molar-refractivity contribution in [1.82, 2.24) is 4.90 Å². The number of benzene rings is 1. The highest BCUT2D eigenvalue weighted by Gasteiger charge is 2.26. The van der Waals surface area contributed by atoms with Crippen molar-refractivity contribution in [1.29, 1.82) is 0 Å². The average molecular weight is 266 g/mol. The summed E-state index contributed by atoms with van der Waals surface area (Å²) in [4.78, 5) is 24.2. The highest BCUT2D eigenvalue weighted by Crippen LogP contribution is 2.29. The summed E-state index contributed by atoms with van der Waals surface area (Å²) < 4.78 is 19.5. The van der Waals surface area contributed by atoms with Crippen LogP contribution in [0.1, 0.15) is 29.8 Å². The summed E-state index contributed by atoms with van der Waals surface area (Å²) in [5.41, 5.74) is 5.46. The maximum atomic E-state index is 14.0. The molecule has 1 atom stereocenters. The van der Waals surface area contributed by atoms with Crippen LogP contribution in [0, 0.1) is 5.82 Å². The van der Waals surface area contributed by atoms with Crippen molar-refractivity contribution in [2.75, 3.05) is 6.61 Å². The third-order valence-electron chi connectivity index (χ3n) is 3.18. The fraction of sp³-hybridized carbons (Fsp3) is 0.385. The maximum absolute atomic E-state index is 14.0. The quantitative estimate of drug-likeness (QED) is 0.825. The van der Waals surface area contributed by atoms with Crippen LogP contribution in [0.15, 0.2) is 12.1 Å². The Kier molecular flexibility index (Phi) is 3.42. The number of fused-ring (bicyclic) bond motifs is 1. The Balaban J connectivity index is 2.46. The summed E-state index contributed by atoms with van der Waals surface area (Å²) in [5, 5.41) is 0. The van der Waals surface area contributed by atoms with Gasteiger partial charge in [0.25, 0.3) is 0 Å². The van der Waals surface area contributed by atoms with Crippen LogP contribution >= 0.6 is 0 Å². The third kappa shape index (κ3) is 2.52. The van der Waals surface area contributed by atoms with Crippen molar-refractivity contribution in [2.45, 2.75) is 26.4 Å². The Hall–Kier alpha value is -2.11. The van der Waals surface area contributed by atoms with Crippen molar-refractivity contribution < 1.29 is 18.7 Å². The van der Waals surface area contributed by atoms with Gasteiger partial charge in [-0.3, -0.25) is 9.59 Å². The first kappa shape index (κ1) is 13.3. The molecule has 0 bridgehead atoms. The van der Waals surface area contributed by atoms with E-state index < -0.39 is 11.7 Å². The first-order valence-corrected chi connectivity index (χ1v) is 5.92. The zero-order valence-corrected chi connectivity index (χ0v) is 10.8. The maximum Gasteiger partial charge on any atom is 0.248 e. The van der Waals surface area contributed by atoms with Crippen LogP contribution in [0.5, 0.6) is 5.75 Å². The minimum absolute atomic E-state index is 0.0557. The molecule has 2 amide bonds. The predicted molar refractivity (Wildman–Crippen MR) is 66.1 cm³/mol. The van der Waals surface area contributed by atoms with Gasteiger partial charge in [-0.25, -0.2) is 4.39 Å². The van der Waals surface area contributed by atoms with Gasteiger partial charge in [0, 0.05) is 18.1 Å². The predicted octanol–water partition coefficient (Wildman–Crippen LogP) is 1.05. The van der Waals surface area contributed by atoms with Gasteiger partial charge < -0.3 is 15.4 Å². The Morgan fingerprint density at radius 3 is 2.74 bits per heavy atom. The molecule has 1 aliphatic heterocycles. The van der Waals surface area contributed by atoms with E-state index >= 15 is 0 Å². The first-order valence-electron chi connectivity index (χ1n) is 5.92. The number of amides is 2. The van der Waals surface area contributed by atoms with Gasteiger partial charge >= 0.3 is 0 Å². The van der Waals surface area contributed by atoms with E-state index in [1.54, 1.807) is 0 Å². The summed E-state index contributed by atoms with van der Waals surface area (Å²) in [7, 11) is 0. The highest BCUT2D eigenvalue weighted by atomic mass is 19.1. The molecule has 0 saturated carbocycles. The van der Waals surface area contributed by atoms with Gasteiger partial charge in [-0.15, -0.1) is 0 Å². The molecule has 6 heteroatoms. The zero-order chi connectivity index (χ0) is 14.2. The molecule has 2 rings (SSSR count). The van der Waals surface area contributed by atoms with E-state index in [0.717, 1.165) is 6.07 Å². The minimum Gasteiger partial charge on any atom is -0.491 e. The molecular weight excluding hydrogens is 251 g/mol. The molecule has 1 aliphatic rings. The number of rotatable bonds is 1. The molecule has 1 aromatic carbocycles. The second-order valence-corrected chi connectivity index (χ2v) is 4.61. The molecule has 0 spiro atoms. The number of nitrogens with zero attached hydrogens (tertiary/aromatic N) is 1. The van der Waals surface area contributed by atoms with Crippen molar-refractivity contribution in [2.24, 2.45) is 5.73 Å². The molecule has 0 saturated heterocycles. The van der Waals surface area contributed by atoms with Crippen LogP contribution in [0.4, 0.5) is 4.39 Å². The van der Waals surface area contributed by atoms with E-state index in [1.807, 2.05) is 6.92 Å².